The molecule has 0 aromatic carbocycles. The van der Waals surface area contributed by atoms with Crippen molar-refractivity contribution in [1.82, 2.24) is 16.0 Å². The second-order valence-electron chi connectivity index (χ2n) is 5.55. The normalized spacial score (nSPS) is 17.2. The van der Waals surface area contributed by atoms with Gasteiger partial charge in [-0.2, -0.15) is 0 Å². The minimum Gasteiger partial charge on any atom is -0.481 e. The van der Waals surface area contributed by atoms with Crippen LogP contribution in [0.4, 0.5) is 4.79 Å². The lowest BCUT2D eigenvalue weighted by atomic mass is 9.96. The van der Waals surface area contributed by atoms with Crippen molar-refractivity contribution < 1.29 is 19.5 Å². The van der Waals surface area contributed by atoms with Crippen LogP contribution in [-0.2, 0) is 9.59 Å². The second-order valence-corrected chi connectivity index (χ2v) is 5.55. The zero-order chi connectivity index (χ0) is 15.3. The lowest BCUT2D eigenvalue weighted by Crippen LogP contribution is -2.50. The average Bonchev–Trinajstić information content (AvgIpc) is 3.11. The number of amides is 3. The number of nitrogens with one attached hydrogen (secondary N) is 3. The maximum Gasteiger partial charge on any atom is 0.315 e. The topological polar surface area (TPSA) is 108 Å². The van der Waals surface area contributed by atoms with Crippen molar-refractivity contribution in [2.75, 3.05) is 6.54 Å². The molecule has 20 heavy (non-hydrogen) atoms. The molecule has 0 heterocycles. The quantitative estimate of drug-likeness (QED) is 0.540. The highest BCUT2D eigenvalue weighted by Gasteiger charge is 2.26. The first-order valence-corrected chi connectivity index (χ1v) is 6.88. The van der Waals surface area contributed by atoms with Gasteiger partial charge in [-0.3, -0.25) is 9.59 Å². The summed E-state index contributed by atoms with van der Waals surface area (Å²) in [6.45, 7) is 5.19. The fourth-order valence-corrected chi connectivity index (χ4v) is 1.68. The zero-order valence-corrected chi connectivity index (χ0v) is 12.1. The lowest BCUT2D eigenvalue weighted by Gasteiger charge is -2.18. The zero-order valence-electron chi connectivity index (χ0n) is 12.1. The predicted molar refractivity (Wildman–Crippen MR) is 73.1 cm³/mol. The van der Waals surface area contributed by atoms with Crippen LogP contribution in [0.25, 0.3) is 0 Å². The van der Waals surface area contributed by atoms with Crippen molar-refractivity contribution in [2.24, 2.45) is 11.8 Å². The summed E-state index contributed by atoms with van der Waals surface area (Å²) in [5.74, 6) is -1.89. The molecule has 2 unspecified atom stereocenters. The maximum atomic E-state index is 11.6. The number of hydrogen-bond donors (Lipinski definition) is 4. The smallest absolute Gasteiger partial charge is 0.315 e. The van der Waals surface area contributed by atoms with Gasteiger partial charge in [-0.1, -0.05) is 13.8 Å². The Morgan fingerprint density at radius 3 is 2.25 bits per heavy atom. The van der Waals surface area contributed by atoms with E-state index in [-0.39, 0.29) is 24.4 Å². The van der Waals surface area contributed by atoms with Gasteiger partial charge in [0.15, 0.2) is 0 Å². The Kier molecular flexibility index (Phi) is 5.79. The molecule has 3 amide bonds. The van der Waals surface area contributed by atoms with Crippen LogP contribution < -0.4 is 16.0 Å². The molecule has 7 heteroatoms. The van der Waals surface area contributed by atoms with Crippen LogP contribution in [0.5, 0.6) is 0 Å². The monoisotopic (exact) mass is 285 g/mol. The fourth-order valence-electron chi connectivity index (χ4n) is 1.68. The summed E-state index contributed by atoms with van der Waals surface area (Å²) in [4.78, 5) is 34.2. The van der Waals surface area contributed by atoms with Gasteiger partial charge >= 0.3 is 12.0 Å². The summed E-state index contributed by atoms with van der Waals surface area (Å²) in [7, 11) is 0. The lowest BCUT2D eigenvalue weighted by molar-refractivity contribution is -0.143. The molecule has 0 saturated heterocycles. The van der Waals surface area contributed by atoms with Crippen LogP contribution in [0.2, 0.25) is 0 Å². The molecule has 7 nitrogen and oxygen atoms in total. The summed E-state index contributed by atoms with van der Waals surface area (Å²) in [6.07, 6.45) is 1.97. The minimum absolute atomic E-state index is 0.0375. The Bertz CT molecular complexity index is 380. The number of carbonyl (C=O) groups is 3. The number of carbonyl (C=O) groups excluding carboxylic acids is 2. The van der Waals surface area contributed by atoms with Gasteiger partial charge in [0, 0.05) is 12.6 Å². The van der Waals surface area contributed by atoms with E-state index >= 15 is 0 Å². The Morgan fingerprint density at radius 2 is 1.80 bits per heavy atom. The number of rotatable bonds is 7. The largest absolute Gasteiger partial charge is 0.481 e. The molecular formula is C13H23N3O4. The van der Waals surface area contributed by atoms with E-state index in [4.69, 9.17) is 5.11 Å². The molecule has 0 aromatic heterocycles. The van der Waals surface area contributed by atoms with E-state index in [1.807, 2.05) is 0 Å². The van der Waals surface area contributed by atoms with Gasteiger partial charge in [0.25, 0.3) is 0 Å². The van der Waals surface area contributed by atoms with E-state index in [1.165, 1.54) is 0 Å². The summed E-state index contributed by atoms with van der Waals surface area (Å²) >= 11 is 0. The molecule has 0 aromatic rings. The fraction of sp³-hybridized carbons (Fsp3) is 0.769. The summed E-state index contributed by atoms with van der Waals surface area (Å²) < 4.78 is 0. The second kappa shape index (κ2) is 7.12. The molecule has 1 aliphatic rings. The van der Waals surface area contributed by atoms with Crippen molar-refractivity contribution in [3.63, 3.8) is 0 Å². The Balaban J connectivity index is 2.30. The van der Waals surface area contributed by atoms with E-state index in [0.717, 1.165) is 12.8 Å². The molecule has 4 N–H and O–H groups in total. The van der Waals surface area contributed by atoms with Gasteiger partial charge in [-0.25, -0.2) is 4.79 Å². The van der Waals surface area contributed by atoms with E-state index in [0.29, 0.717) is 0 Å². The minimum atomic E-state index is -0.945. The highest BCUT2D eigenvalue weighted by molar-refractivity contribution is 5.87. The van der Waals surface area contributed by atoms with Crippen LogP contribution in [-0.4, -0.2) is 41.6 Å². The first-order chi connectivity index (χ1) is 9.31. The Labute approximate surface area is 118 Å². The third kappa shape index (κ3) is 5.46. The number of aliphatic carboxylic acids is 1. The number of urea groups is 1. The molecule has 2 atom stereocenters. The Hall–Kier alpha value is -1.79. The molecule has 1 aliphatic carbocycles. The van der Waals surface area contributed by atoms with E-state index in [2.05, 4.69) is 16.0 Å². The van der Waals surface area contributed by atoms with E-state index in [1.54, 1.807) is 20.8 Å². The number of hydrogen-bond acceptors (Lipinski definition) is 3. The van der Waals surface area contributed by atoms with Crippen LogP contribution in [0.3, 0.4) is 0 Å². The third-order valence-corrected chi connectivity index (χ3v) is 3.27. The summed E-state index contributed by atoms with van der Waals surface area (Å²) in [5.41, 5.74) is 0. The Morgan fingerprint density at radius 1 is 1.20 bits per heavy atom. The van der Waals surface area contributed by atoms with Crippen molar-refractivity contribution in [1.29, 1.82) is 0 Å². The van der Waals surface area contributed by atoms with E-state index in [9.17, 15) is 14.4 Å². The first kappa shape index (κ1) is 16.3. The van der Waals surface area contributed by atoms with Crippen molar-refractivity contribution >= 4 is 17.9 Å². The molecule has 1 saturated carbocycles. The van der Waals surface area contributed by atoms with E-state index < -0.39 is 24.0 Å². The molecule has 1 rings (SSSR count). The van der Waals surface area contributed by atoms with Crippen LogP contribution in [0.1, 0.15) is 33.6 Å². The molecular weight excluding hydrogens is 262 g/mol. The predicted octanol–water partition coefficient (Wildman–Crippen LogP) is 0.310. The summed E-state index contributed by atoms with van der Waals surface area (Å²) in [6, 6.07) is -0.930. The summed E-state index contributed by atoms with van der Waals surface area (Å²) in [5, 5.41) is 16.8. The highest BCUT2D eigenvalue weighted by Crippen LogP contribution is 2.18. The number of carboxylic acid groups (broad SMARTS) is 1. The maximum absolute atomic E-state index is 11.6. The highest BCUT2D eigenvalue weighted by atomic mass is 16.4. The average molecular weight is 285 g/mol. The van der Waals surface area contributed by atoms with Crippen molar-refractivity contribution in [3.8, 4) is 0 Å². The van der Waals surface area contributed by atoms with Gasteiger partial charge in [0.05, 0.1) is 5.92 Å². The van der Waals surface area contributed by atoms with Crippen molar-refractivity contribution in [3.05, 3.63) is 0 Å². The number of carboxylic acids is 1. The van der Waals surface area contributed by atoms with Crippen molar-refractivity contribution in [2.45, 2.75) is 45.7 Å². The molecule has 114 valence electrons. The molecule has 0 spiro atoms. The van der Waals surface area contributed by atoms with Gasteiger partial charge in [-0.05, 0) is 25.7 Å². The molecule has 0 bridgehead atoms. The standard InChI is InChI=1S/C13H23N3O4/c1-7(2)10(12(18)19)6-14-13(20)15-8(3)11(17)16-9-4-5-9/h7-10H,4-6H2,1-3H3,(H,16,17)(H,18,19)(H2,14,15,20). The molecule has 0 radical (unpaired) electrons. The van der Waals surface area contributed by atoms with Gasteiger partial charge < -0.3 is 21.1 Å². The van der Waals surface area contributed by atoms with Crippen LogP contribution in [0.15, 0.2) is 0 Å². The SMILES string of the molecule is CC(NC(=O)NCC(C(=O)O)C(C)C)C(=O)NC1CC1. The third-order valence-electron chi connectivity index (χ3n) is 3.27. The molecule has 1 fully saturated rings. The van der Waals surface area contributed by atoms with Gasteiger partial charge in [0.2, 0.25) is 5.91 Å². The van der Waals surface area contributed by atoms with Crippen LogP contribution in [0, 0.1) is 11.8 Å². The first-order valence-electron chi connectivity index (χ1n) is 6.88. The molecule has 0 aliphatic heterocycles. The van der Waals surface area contributed by atoms with Crippen LogP contribution >= 0.6 is 0 Å². The van der Waals surface area contributed by atoms with Gasteiger partial charge in [-0.15, -0.1) is 0 Å². The van der Waals surface area contributed by atoms with Gasteiger partial charge in [0.1, 0.15) is 6.04 Å².